The van der Waals surface area contributed by atoms with E-state index in [0.29, 0.717) is 6.04 Å². The Balaban J connectivity index is 3.31. The topological polar surface area (TPSA) is 23.5 Å². The number of hydrogen-bond acceptors (Lipinski definition) is 2. The SMILES string of the molecule is CCCCN(C)C(C)CO. The van der Waals surface area contributed by atoms with Crippen LogP contribution < -0.4 is 0 Å². The van der Waals surface area contributed by atoms with Crippen molar-refractivity contribution >= 4 is 0 Å². The summed E-state index contributed by atoms with van der Waals surface area (Å²) < 4.78 is 0. The first-order valence-corrected chi connectivity index (χ1v) is 4.03. The van der Waals surface area contributed by atoms with Crippen LogP contribution in [0.15, 0.2) is 0 Å². The van der Waals surface area contributed by atoms with Crippen LogP contribution in [0.4, 0.5) is 0 Å². The fourth-order valence-electron chi connectivity index (χ4n) is 0.767. The summed E-state index contributed by atoms with van der Waals surface area (Å²) in [7, 11) is 2.05. The molecule has 0 aliphatic heterocycles. The number of unbranched alkanes of at least 4 members (excludes halogenated alkanes) is 1. The maximum absolute atomic E-state index is 8.76. The summed E-state index contributed by atoms with van der Waals surface area (Å²) in [6, 6.07) is 0.312. The average Bonchev–Trinajstić information content (AvgIpc) is 1.98. The number of nitrogens with zero attached hydrogens (tertiary/aromatic N) is 1. The van der Waals surface area contributed by atoms with Crippen LogP contribution in [-0.4, -0.2) is 36.2 Å². The highest BCUT2D eigenvalue weighted by Crippen LogP contribution is 1.96. The molecule has 0 bridgehead atoms. The molecule has 0 saturated heterocycles. The Morgan fingerprint density at radius 1 is 1.50 bits per heavy atom. The number of hydrogen-bond donors (Lipinski definition) is 1. The largest absolute Gasteiger partial charge is 0.395 e. The van der Waals surface area contributed by atoms with Crippen LogP contribution in [0, 0.1) is 0 Å². The quantitative estimate of drug-likeness (QED) is 0.626. The molecule has 1 atom stereocenters. The molecule has 0 fully saturated rings. The molecule has 0 aliphatic rings. The lowest BCUT2D eigenvalue weighted by molar-refractivity contribution is 0.158. The first kappa shape index (κ1) is 9.92. The Labute approximate surface area is 63.8 Å². The van der Waals surface area contributed by atoms with Gasteiger partial charge in [-0.05, 0) is 26.9 Å². The molecule has 10 heavy (non-hydrogen) atoms. The number of aliphatic hydroxyl groups excluding tert-OH is 1. The Morgan fingerprint density at radius 2 is 2.10 bits per heavy atom. The second-order valence-corrected chi connectivity index (χ2v) is 2.87. The minimum absolute atomic E-state index is 0.264. The molecule has 62 valence electrons. The Hall–Kier alpha value is -0.0800. The smallest absolute Gasteiger partial charge is 0.0584 e. The zero-order valence-corrected chi connectivity index (χ0v) is 7.30. The molecule has 0 rings (SSSR count). The van der Waals surface area contributed by atoms with Crippen molar-refractivity contribution in [3.8, 4) is 0 Å². The van der Waals surface area contributed by atoms with Gasteiger partial charge < -0.3 is 10.0 Å². The van der Waals surface area contributed by atoms with E-state index in [-0.39, 0.29) is 6.61 Å². The molecule has 0 aromatic heterocycles. The lowest BCUT2D eigenvalue weighted by atomic mass is 10.2. The average molecular weight is 145 g/mol. The summed E-state index contributed by atoms with van der Waals surface area (Å²) in [6.45, 7) is 5.57. The summed E-state index contributed by atoms with van der Waals surface area (Å²) in [5, 5.41) is 8.76. The second kappa shape index (κ2) is 5.69. The molecule has 0 radical (unpaired) electrons. The van der Waals surface area contributed by atoms with E-state index in [1.165, 1.54) is 12.8 Å². The van der Waals surface area contributed by atoms with Gasteiger partial charge >= 0.3 is 0 Å². The summed E-state index contributed by atoms with van der Waals surface area (Å²) in [5.74, 6) is 0. The molecule has 0 amide bonds. The number of likely N-dealkylation sites (N-methyl/N-ethyl adjacent to an activating group) is 1. The Bertz CT molecular complexity index is 75.7. The summed E-state index contributed by atoms with van der Waals surface area (Å²) in [4.78, 5) is 2.18. The van der Waals surface area contributed by atoms with Crippen LogP contribution in [0.1, 0.15) is 26.7 Å². The normalized spacial score (nSPS) is 14.1. The maximum atomic E-state index is 8.76. The first-order chi connectivity index (χ1) is 4.72. The van der Waals surface area contributed by atoms with Crippen molar-refractivity contribution in [1.29, 1.82) is 0 Å². The summed E-state index contributed by atoms with van der Waals surface area (Å²) in [5.41, 5.74) is 0. The molecule has 0 spiro atoms. The fraction of sp³-hybridized carbons (Fsp3) is 1.00. The lowest BCUT2D eigenvalue weighted by Gasteiger charge is -2.22. The second-order valence-electron chi connectivity index (χ2n) is 2.87. The van der Waals surface area contributed by atoms with E-state index in [1.54, 1.807) is 0 Å². The minimum Gasteiger partial charge on any atom is -0.395 e. The molecule has 2 heteroatoms. The molecular formula is C8H19NO. The van der Waals surface area contributed by atoms with Gasteiger partial charge in [0, 0.05) is 6.04 Å². The van der Waals surface area contributed by atoms with Gasteiger partial charge in [0.25, 0.3) is 0 Å². The number of rotatable bonds is 5. The summed E-state index contributed by atoms with van der Waals surface area (Å²) >= 11 is 0. The van der Waals surface area contributed by atoms with Crippen LogP contribution in [-0.2, 0) is 0 Å². The van der Waals surface area contributed by atoms with E-state index in [2.05, 4.69) is 18.9 Å². The molecular weight excluding hydrogens is 126 g/mol. The van der Waals surface area contributed by atoms with Gasteiger partial charge in [0.1, 0.15) is 0 Å². The summed E-state index contributed by atoms with van der Waals surface area (Å²) in [6.07, 6.45) is 2.45. The van der Waals surface area contributed by atoms with Gasteiger partial charge in [0.15, 0.2) is 0 Å². The van der Waals surface area contributed by atoms with Crippen LogP contribution in [0.5, 0.6) is 0 Å². The lowest BCUT2D eigenvalue weighted by Crippen LogP contribution is -2.32. The van der Waals surface area contributed by atoms with Crippen molar-refractivity contribution in [3.05, 3.63) is 0 Å². The Kier molecular flexibility index (Phi) is 5.64. The first-order valence-electron chi connectivity index (χ1n) is 4.03. The van der Waals surface area contributed by atoms with Crippen LogP contribution in [0.2, 0.25) is 0 Å². The maximum Gasteiger partial charge on any atom is 0.0584 e. The van der Waals surface area contributed by atoms with Gasteiger partial charge in [-0.15, -0.1) is 0 Å². The predicted octanol–water partition coefficient (Wildman–Crippen LogP) is 1.10. The van der Waals surface area contributed by atoms with Gasteiger partial charge in [-0.1, -0.05) is 13.3 Å². The number of aliphatic hydroxyl groups is 1. The molecule has 0 heterocycles. The van der Waals surface area contributed by atoms with E-state index in [4.69, 9.17) is 5.11 Å². The van der Waals surface area contributed by atoms with E-state index >= 15 is 0 Å². The van der Waals surface area contributed by atoms with E-state index in [0.717, 1.165) is 6.54 Å². The standard InChI is InChI=1S/C8H19NO/c1-4-5-6-9(3)8(2)7-10/h8,10H,4-7H2,1-3H3. The molecule has 1 unspecified atom stereocenters. The third-order valence-electron chi connectivity index (χ3n) is 1.88. The van der Waals surface area contributed by atoms with Crippen LogP contribution in [0.25, 0.3) is 0 Å². The van der Waals surface area contributed by atoms with Crippen molar-refractivity contribution in [2.45, 2.75) is 32.7 Å². The van der Waals surface area contributed by atoms with Crippen molar-refractivity contribution in [2.75, 3.05) is 20.2 Å². The van der Waals surface area contributed by atoms with Gasteiger partial charge in [-0.25, -0.2) is 0 Å². The molecule has 0 aliphatic carbocycles. The third kappa shape index (κ3) is 3.85. The highest BCUT2D eigenvalue weighted by Gasteiger charge is 2.04. The molecule has 0 saturated carbocycles. The zero-order chi connectivity index (χ0) is 7.98. The van der Waals surface area contributed by atoms with Crippen molar-refractivity contribution in [2.24, 2.45) is 0 Å². The molecule has 0 aromatic carbocycles. The monoisotopic (exact) mass is 145 g/mol. The predicted molar refractivity (Wildman–Crippen MR) is 44.1 cm³/mol. The molecule has 1 N–H and O–H groups in total. The van der Waals surface area contributed by atoms with E-state index in [1.807, 2.05) is 6.92 Å². The van der Waals surface area contributed by atoms with Crippen LogP contribution in [0.3, 0.4) is 0 Å². The van der Waals surface area contributed by atoms with E-state index < -0.39 is 0 Å². The Morgan fingerprint density at radius 3 is 2.50 bits per heavy atom. The van der Waals surface area contributed by atoms with Crippen molar-refractivity contribution in [1.82, 2.24) is 4.90 Å². The van der Waals surface area contributed by atoms with Gasteiger partial charge in [-0.2, -0.15) is 0 Å². The fourth-order valence-corrected chi connectivity index (χ4v) is 0.767. The third-order valence-corrected chi connectivity index (χ3v) is 1.88. The van der Waals surface area contributed by atoms with Crippen LogP contribution >= 0.6 is 0 Å². The van der Waals surface area contributed by atoms with Crippen molar-refractivity contribution < 1.29 is 5.11 Å². The molecule has 0 aromatic rings. The highest BCUT2D eigenvalue weighted by molar-refractivity contribution is 4.60. The molecule has 2 nitrogen and oxygen atoms in total. The van der Waals surface area contributed by atoms with Crippen molar-refractivity contribution in [3.63, 3.8) is 0 Å². The van der Waals surface area contributed by atoms with Gasteiger partial charge in [0.05, 0.1) is 6.61 Å². The van der Waals surface area contributed by atoms with Gasteiger partial charge in [0.2, 0.25) is 0 Å². The zero-order valence-electron chi connectivity index (χ0n) is 7.30. The minimum atomic E-state index is 0.264. The highest BCUT2D eigenvalue weighted by atomic mass is 16.3. The van der Waals surface area contributed by atoms with Gasteiger partial charge in [-0.3, -0.25) is 0 Å². The van der Waals surface area contributed by atoms with E-state index in [9.17, 15) is 0 Å².